The number of amidine groups is 1. The summed E-state index contributed by atoms with van der Waals surface area (Å²) < 4.78 is 4.72. The lowest BCUT2D eigenvalue weighted by Gasteiger charge is -2.09. The molecule has 1 rings (SSSR count). The van der Waals surface area contributed by atoms with Crippen LogP contribution in [0.25, 0.3) is 0 Å². The first-order chi connectivity index (χ1) is 5.24. The molecule has 60 valence electrons. The highest BCUT2D eigenvalue weighted by molar-refractivity contribution is 5.90. The van der Waals surface area contributed by atoms with Gasteiger partial charge in [-0.2, -0.15) is 0 Å². The number of carboxylic acid groups (broad SMARTS) is 1. The predicted octanol–water partition coefficient (Wildman–Crippen LogP) is -0.440. The Morgan fingerprint density at radius 1 is 1.91 bits per heavy atom. The molecule has 0 fully saturated rings. The molecular weight excluding hydrogens is 148 g/mol. The van der Waals surface area contributed by atoms with Gasteiger partial charge in [-0.15, -0.1) is 0 Å². The molecule has 0 unspecified atom stereocenters. The summed E-state index contributed by atoms with van der Waals surface area (Å²) in [5.74, 6) is -0.962. The van der Waals surface area contributed by atoms with Crippen LogP contribution in [-0.4, -0.2) is 30.8 Å². The quantitative estimate of drug-likeness (QED) is 0.540. The molecule has 1 aliphatic rings. The van der Waals surface area contributed by atoms with Gasteiger partial charge in [-0.05, 0) is 0 Å². The summed E-state index contributed by atoms with van der Waals surface area (Å²) >= 11 is 0. The summed E-state index contributed by atoms with van der Waals surface area (Å²) in [4.78, 5) is 14.1. The molecule has 1 aliphatic heterocycles. The molecule has 0 bridgehead atoms. The van der Waals surface area contributed by atoms with E-state index >= 15 is 0 Å². The number of carboxylic acids is 1. The topological polar surface area (TPSA) is 70.9 Å². The Labute approximate surface area is 63.4 Å². The summed E-state index contributed by atoms with van der Waals surface area (Å²) in [5.41, 5.74) is 0.228. The molecule has 2 N–H and O–H groups in total. The second-order valence-corrected chi connectivity index (χ2v) is 1.94. The monoisotopic (exact) mass is 156 g/mol. The van der Waals surface area contributed by atoms with Crippen LogP contribution in [-0.2, 0) is 9.53 Å². The number of aliphatic carboxylic acids is 1. The second-order valence-electron chi connectivity index (χ2n) is 1.94. The molecule has 0 atom stereocenters. The molecule has 0 aromatic carbocycles. The minimum atomic E-state index is -0.962. The van der Waals surface area contributed by atoms with E-state index in [1.165, 1.54) is 13.3 Å². The molecule has 0 saturated heterocycles. The van der Waals surface area contributed by atoms with Gasteiger partial charge in [0.25, 0.3) is 6.02 Å². The molecule has 0 aromatic rings. The van der Waals surface area contributed by atoms with Crippen molar-refractivity contribution in [1.29, 1.82) is 0 Å². The van der Waals surface area contributed by atoms with Crippen LogP contribution >= 0.6 is 0 Å². The average Bonchev–Trinajstić information content (AvgIpc) is 2.05. The first kappa shape index (κ1) is 7.59. The van der Waals surface area contributed by atoms with E-state index in [2.05, 4.69) is 10.3 Å². The lowest BCUT2D eigenvalue weighted by molar-refractivity contribution is -0.132. The zero-order valence-corrected chi connectivity index (χ0v) is 6.00. The fourth-order valence-corrected chi connectivity index (χ4v) is 0.650. The molecule has 0 aliphatic carbocycles. The fourth-order valence-electron chi connectivity index (χ4n) is 0.650. The number of rotatable bonds is 1. The van der Waals surface area contributed by atoms with Gasteiger partial charge in [0.05, 0.1) is 19.2 Å². The molecule has 0 aromatic heterocycles. The maximum absolute atomic E-state index is 10.3. The Morgan fingerprint density at radius 3 is 3.00 bits per heavy atom. The van der Waals surface area contributed by atoms with Gasteiger partial charge in [-0.25, -0.2) is 9.79 Å². The summed E-state index contributed by atoms with van der Waals surface area (Å²) in [6, 6.07) is 0.343. The van der Waals surface area contributed by atoms with Gasteiger partial charge in [0, 0.05) is 6.20 Å². The second kappa shape index (κ2) is 3.05. The van der Waals surface area contributed by atoms with Crippen molar-refractivity contribution in [1.82, 2.24) is 5.32 Å². The molecular formula is C6H8N2O3. The summed E-state index contributed by atoms with van der Waals surface area (Å²) in [7, 11) is 1.46. The number of methoxy groups -OCH3 is 1. The third-order valence-electron chi connectivity index (χ3n) is 1.23. The van der Waals surface area contributed by atoms with Crippen molar-refractivity contribution in [2.75, 3.05) is 13.7 Å². The lowest BCUT2D eigenvalue weighted by atomic mass is 10.3. The van der Waals surface area contributed by atoms with Crippen molar-refractivity contribution < 1.29 is 14.6 Å². The van der Waals surface area contributed by atoms with Gasteiger partial charge in [0.2, 0.25) is 0 Å². The van der Waals surface area contributed by atoms with Gasteiger partial charge < -0.3 is 15.2 Å². The van der Waals surface area contributed by atoms with E-state index < -0.39 is 5.97 Å². The molecule has 1 heterocycles. The van der Waals surface area contributed by atoms with Crippen LogP contribution in [0.1, 0.15) is 0 Å². The van der Waals surface area contributed by atoms with Crippen LogP contribution in [0.5, 0.6) is 0 Å². The standard InChI is InChI=1S/C6H8N2O3/c1-11-6-7-2-4(3-8-6)5(9)10/h2H,3H2,1H3,(H,7,8)(H,9,10). The minimum Gasteiger partial charge on any atom is -0.478 e. The van der Waals surface area contributed by atoms with Gasteiger partial charge in [0.15, 0.2) is 0 Å². The Hall–Kier alpha value is -1.52. The molecule has 0 radical (unpaired) electrons. The first-order valence-corrected chi connectivity index (χ1v) is 3.01. The number of nitrogens with zero attached hydrogens (tertiary/aromatic N) is 1. The third kappa shape index (κ3) is 1.70. The molecule has 0 saturated carbocycles. The van der Waals surface area contributed by atoms with E-state index in [1.807, 2.05) is 0 Å². The Balaban J connectivity index is 2.57. The summed E-state index contributed by atoms with van der Waals surface area (Å²) in [6.45, 7) is 0.158. The van der Waals surface area contributed by atoms with Crippen molar-refractivity contribution in [3.63, 3.8) is 0 Å². The number of hydrogen-bond donors (Lipinski definition) is 2. The molecule has 0 amide bonds. The normalized spacial score (nSPS) is 16.1. The van der Waals surface area contributed by atoms with Crippen LogP contribution in [0.15, 0.2) is 16.8 Å². The molecule has 5 nitrogen and oxygen atoms in total. The van der Waals surface area contributed by atoms with Crippen LogP contribution in [0.4, 0.5) is 0 Å². The van der Waals surface area contributed by atoms with Crippen molar-refractivity contribution >= 4 is 12.0 Å². The number of carbonyl (C=O) groups is 1. The van der Waals surface area contributed by atoms with E-state index in [-0.39, 0.29) is 12.1 Å². The number of nitrogens with one attached hydrogen (secondary N) is 1. The van der Waals surface area contributed by atoms with Crippen LogP contribution in [0.3, 0.4) is 0 Å². The third-order valence-corrected chi connectivity index (χ3v) is 1.23. The van der Waals surface area contributed by atoms with Gasteiger partial charge in [-0.3, -0.25) is 0 Å². The van der Waals surface area contributed by atoms with E-state index in [1.54, 1.807) is 0 Å². The highest BCUT2D eigenvalue weighted by atomic mass is 16.5. The van der Waals surface area contributed by atoms with Crippen LogP contribution in [0.2, 0.25) is 0 Å². The molecule has 5 heteroatoms. The largest absolute Gasteiger partial charge is 0.478 e. The Kier molecular flexibility index (Phi) is 2.10. The van der Waals surface area contributed by atoms with Crippen LogP contribution in [0, 0.1) is 0 Å². The zero-order valence-electron chi connectivity index (χ0n) is 6.00. The number of hydrogen-bond acceptors (Lipinski definition) is 4. The Bertz CT molecular complexity index is 232. The molecule has 0 spiro atoms. The van der Waals surface area contributed by atoms with Crippen molar-refractivity contribution in [2.45, 2.75) is 0 Å². The van der Waals surface area contributed by atoms with E-state index in [0.717, 1.165) is 0 Å². The van der Waals surface area contributed by atoms with Crippen molar-refractivity contribution in [2.24, 2.45) is 4.99 Å². The highest BCUT2D eigenvalue weighted by Crippen LogP contribution is 1.98. The highest BCUT2D eigenvalue weighted by Gasteiger charge is 2.11. The molecule has 11 heavy (non-hydrogen) atoms. The average molecular weight is 156 g/mol. The van der Waals surface area contributed by atoms with Crippen LogP contribution < -0.4 is 5.32 Å². The maximum Gasteiger partial charge on any atom is 0.334 e. The fraction of sp³-hybridized carbons (Fsp3) is 0.333. The van der Waals surface area contributed by atoms with E-state index in [4.69, 9.17) is 9.84 Å². The smallest absolute Gasteiger partial charge is 0.334 e. The SMILES string of the molecule is COC1=NCC(C(=O)O)=CN1. The predicted molar refractivity (Wildman–Crippen MR) is 38.2 cm³/mol. The maximum atomic E-state index is 10.3. The van der Waals surface area contributed by atoms with Gasteiger partial charge in [-0.1, -0.05) is 0 Å². The van der Waals surface area contributed by atoms with Crippen molar-refractivity contribution in [3.05, 3.63) is 11.8 Å². The van der Waals surface area contributed by atoms with E-state index in [9.17, 15) is 4.79 Å². The van der Waals surface area contributed by atoms with Gasteiger partial charge >= 0.3 is 5.97 Å². The Morgan fingerprint density at radius 2 is 2.64 bits per heavy atom. The van der Waals surface area contributed by atoms with E-state index in [0.29, 0.717) is 6.02 Å². The zero-order chi connectivity index (χ0) is 8.27. The van der Waals surface area contributed by atoms with Gasteiger partial charge in [0.1, 0.15) is 0 Å². The summed E-state index contributed by atoms with van der Waals surface area (Å²) in [6.07, 6.45) is 1.37. The number of aliphatic imine (C=N–C) groups is 1. The first-order valence-electron chi connectivity index (χ1n) is 3.01. The summed E-state index contributed by atoms with van der Waals surface area (Å²) in [5, 5.41) is 11.1. The lowest BCUT2D eigenvalue weighted by Crippen LogP contribution is -2.26. The minimum absolute atomic E-state index is 0.158. The van der Waals surface area contributed by atoms with Crippen molar-refractivity contribution in [3.8, 4) is 0 Å². The number of ether oxygens (including phenoxy) is 1.